The van der Waals surface area contributed by atoms with Crippen LogP contribution < -0.4 is 0 Å². The molecule has 1 atom stereocenters. The topological polar surface area (TPSA) is 0 Å². The average Bonchev–Trinajstić information content (AvgIpc) is 2.48. The molecule has 0 aromatic heterocycles. The predicted molar refractivity (Wildman–Crippen MR) is 83.7 cm³/mol. The Morgan fingerprint density at radius 1 is 1.10 bits per heavy atom. The van der Waals surface area contributed by atoms with Crippen LogP contribution in [0, 0.1) is 17.6 Å². The van der Waals surface area contributed by atoms with Crippen molar-refractivity contribution in [1.82, 2.24) is 0 Å². The lowest BCUT2D eigenvalue weighted by Crippen LogP contribution is -2.11. The number of rotatable bonds is 3. The van der Waals surface area contributed by atoms with E-state index in [4.69, 9.17) is 0 Å². The van der Waals surface area contributed by atoms with Crippen LogP contribution in [0.2, 0.25) is 0 Å². The molecule has 2 aromatic carbocycles. The Labute approximate surface area is 125 Å². The summed E-state index contributed by atoms with van der Waals surface area (Å²) in [4.78, 5) is 0. The molecule has 1 unspecified atom stereocenters. The van der Waals surface area contributed by atoms with E-state index in [1.807, 2.05) is 12.1 Å². The van der Waals surface area contributed by atoms with Crippen molar-refractivity contribution in [2.24, 2.45) is 5.92 Å². The summed E-state index contributed by atoms with van der Waals surface area (Å²) in [6.07, 6.45) is 5.71. The van der Waals surface area contributed by atoms with E-state index >= 15 is 0 Å². The summed E-state index contributed by atoms with van der Waals surface area (Å²) < 4.78 is 28.6. The number of aryl methyl sites for hydroxylation is 2. The van der Waals surface area contributed by atoms with Crippen LogP contribution in [-0.2, 0) is 19.3 Å². The maximum Gasteiger partial charge on any atom is 0.166 e. The van der Waals surface area contributed by atoms with Crippen LogP contribution in [0.25, 0.3) is 10.8 Å². The number of unbranched alkanes of at least 4 members (excludes halogenated alkanes) is 1. The first kappa shape index (κ1) is 14.5. The molecule has 1 aliphatic rings. The summed E-state index contributed by atoms with van der Waals surface area (Å²) in [6, 6.07) is 5.80. The molecule has 0 heterocycles. The van der Waals surface area contributed by atoms with Gasteiger partial charge in [-0.15, -0.1) is 0 Å². The fourth-order valence-electron chi connectivity index (χ4n) is 3.38. The fraction of sp³-hybridized carbons (Fsp3) is 0.474. The molecule has 2 aromatic rings. The summed E-state index contributed by atoms with van der Waals surface area (Å²) in [5, 5.41) is 1.30. The molecular formula is C19H22F2. The van der Waals surface area contributed by atoms with Gasteiger partial charge in [0.05, 0.1) is 0 Å². The Kier molecular flexibility index (Phi) is 3.97. The van der Waals surface area contributed by atoms with E-state index in [1.54, 1.807) is 0 Å². The monoisotopic (exact) mass is 288 g/mol. The summed E-state index contributed by atoms with van der Waals surface area (Å²) in [7, 11) is 0. The van der Waals surface area contributed by atoms with Crippen LogP contribution in [0.1, 0.15) is 49.8 Å². The van der Waals surface area contributed by atoms with Gasteiger partial charge in [0.25, 0.3) is 0 Å². The van der Waals surface area contributed by atoms with Gasteiger partial charge >= 0.3 is 0 Å². The number of hydrogen-bond acceptors (Lipinski definition) is 0. The van der Waals surface area contributed by atoms with Crippen molar-refractivity contribution >= 4 is 10.8 Å². The molecule has 1 aliphatic carbocycles. The van der Waals surface area contributed by atoms with Crippen molar-refractivity contribution in [1.29, 1.82) is 0 Å². The zero-order valence-corrected chi connectivity index (χ0v) is 12.8. The Morgan fingerprint density at radius 2 is 1.90 bits per heavy atom. The number of hydrogen-bond donors (Lipinski definition) is 0. The summed E-state index contributed by atoms with van der Waals surface area (Å²) in [5.74, 6) is -0.689. The van der Waals surface area contributed by atoms with Gasteiger partial charge < -0.3 is 0 Å². The third-order valence-corrected chi connectivity index (χ3v) is 4.69. The second-order valence-electron chi connectivity index (χ2n) is 6.46. The van der Waals surface area contributed by atoms with E-state index in [0.29, 0.717) is 23.3 Å². The zero-order chi connectivity index (χ0) is 15.0. The van der Waals surface area contributed by atoms with Crippen LogP contribution in [0.3, 0.4) is 0 Å². The molecule has 3 rings (SSSR count). The molecule has 0 amide bonds. The molecule has 0 N–H and O–H groups in total. The van der Waals surface area contributed by atoms with Gasteiger partial charge in [0.1, 0.15) is 0 Å². The van der Waals surface area contributed by atoms with Crippen molar-refractivity contribution in [3.05, 3.63) is 46.5 Å². The molecule has 0 aliphatic heterocycles. The van der Waals surface area contributed by atoms with Crippen LogP contribution in [-0.4, -0.2) is 0 Å². The highest BCUT2D eigenvalue weighted by atomic mass is 19.2. The third-order valence-electron chi connectivity index (χ3n) is 4.69. The Morgan fingerprint density at radius 3 is 2.67 bits per heavy atom. The third kappa shape index (κ3) is 2.68. The molecule has 0 bridgehead atoms. The quantitative estimate of drug-likeness (QED) is 0.691. The van der Waals surface area contributed by atoms with E-state index in [2.05, 4.69) is 19.9 Å². The smallest absolute Gasteiger partial charge is 0.166 e. The van der Waals surface area contributed by atoms with Crippen LogP contribution in [0.4, 0.5) is 8.78 Å². The summed E-state index contributed by atoms with van der Waals surface area (Å²) in [5.41, 5.74) is 3.03. The molecule has 0 saturated carbocycles. The Bertz CT molecular complexity index is 673. The maximum absolute atomic E-state index is 14.4. The first-order valence-corrected chi connectivity index (χ1v) is 8.02. The SMILES string of the molecule is CCCCc1cc2cc3c(cc2c(F)c1F)CC(C)CC3. The summed E-state index contributed by atoms with van der Waals surface area (Å²) >= 11 is 0. The van der Waals surface area contributed by atoms with Crippen molar-refractivity contribution in [2.45, 2.75) is 52.4 Å². The van der Waals surface area contributed by atoms with Crippen LogP contribution >= 0.6 is 0 Å². The number of fused-ring (bicyclic) bond motifs is 2. The standard InChI is InChI=1S/C19H22F2/c1-3-4-5-14-10-16-9-13-7-6-12(2)8-15(13)11-17(16)19(21)18(14)20/h9-12H,3-8H2,1-2H3. The number of benzene rings is 2. The molecule has 0 radical (unpaired) electrons. The van der Waals surface area contributed by atoms with E-state index in [0.717, 1.165) is 31.1 Å². The molecule has 0 saturated heterocycles. The fourth-order valence-corrected chi connectivity index (χ4v) is 3.38. The lowest BCUT2D eigenvalue weighted by atomic mass is 9.83. The van der Waals surface area contributed by atoms with E-state index in [9.17, 15) is 8.78 Å². The molecular weight excluding hydrogens is 266 g/mol. The second kappa shape index (κ2) is 5.75. The second-order valence-corrected chi connectivity index (χ2v) is 6.46. The Balaban J connectivity index is 2.12. The first-order valence-electron chi connectivity index (χ1n) is 8.02. The van der Waals surface area contributed by atoms with Gasteiger partial charge in [-0.1, -0.05) is 26.3 Å². The minimum Gasteiger partial charge on any atom is -0.203 e. The average molecular weight is 288 g/mol. The van der Waals surface area contributed by atoms with Gasteiger partial charge in [-0.25, -0.2) is 8.78 Å². The van der Waals surface area contributed by atoms with E-state index in [-0.39, 0.29) is 0 Å². The molecule has 0 spiro atoms. The maximum atomic E-state index is 14.4. The van der Waals surface area contributed by atoms with Crippen LogP contribution in [0.5, 0.6) is 0 Å². The minimum absolute atomic E-state index is 0.445. The predicted octanol–water partition coefficient (Wildman–Crippen LogP) is 5.59. The molecule has 2 heteroatoms. The van der Waals surface area contributed by atoms with Gasteiger partial charge in [-0.05, 0) is 72.2 Å². The molecule has 112 valence electrons. The molecule has 21 heavy (non-hydrogen) atoms. The normalized spacial score (nSPS) is 18.0. The molecule has 0 fully saturated rings. The van der Waals surface area contributed by atoms with Crippen molar-refractivity contribution in [3.63, 3.8) is 0 Å². The van der Waals surface area contributed by atoms with Gasteiger partial charge in [0.2, 0.25) is 0 Å². The van der Waals surface area contributed by atoms with Crippen molar-refractivity contribution in [2.75, 3.05) is 0 Å². The van der Waals surface area contributed by atoms with Gasteiger partial charge in [-0.3, -0.25) is 0 Å². The minimum atomic E-state index is -0.667. The van der Waals surface area contributed by atoms with Crippen LogP contribution in [0.15, 0.2) is 18.2 Å². The molecule has 0 nitrogen and oxygen atoms in total. The lowest BCUT2D eigenvalue weighted by molar-refractivity contribution is 0.498. The first-order chi connectivity index (χ1) is 10.1. The highest BCUT2D eigenvalue weighted by molar-refractivity contribution is 5.85. The Hall–Kier alpha value is -1.44. The van der Waals surface area contributed by atoms with E-state index < -0.39 is 11.6 Å². The number of halogens is 2. The van der Waals surface area contributed by atoms with Gasteiger partial charge in [0.15, 0.2) is 11.6 Å². The van der Waals surface area contributed by atoms with Gasteiger partial charge in [-0.2, -0.15) is 0 Å². The van der Waals surface area contributed by atoms with Gasteiger partial charge in [0, 0.05) is 5.39 Å². The largest absolute Gasteiger partial charge is 0.203 e. The highest BCUT2D eigenvalue weighted by Crippen LogP contribution is 2.32. The van der Waals surface area contributed by atoms with E-state index in [1.165, 1.54) is 17.5 Å². The summed E-state index contributed by atoms with van der Waals surface area (Å²) in [6.45, 7) is 4.28. The van der Waals surface area contributed by atoms with Crippen molar-refractivity contribution in [3.8, 4) is 0 Å². The zero-order valence-electron chi connectivity index (χ0n) is 12.8. The lowest BCUT2D eigenvalue weighted by Gasteiger charge is -2.22. The highest BCUT2D eigenvalue weighted by Gasteiger charge is 2.19. The van der Waals surface area contributed by atoms with Crippen molar-refractivity contribution < 1.29 is 8.78 Å².